The van der Waals surface area contributed by atoms with E-state index >= 15 is 0 Å². The van der Waals surface area contributed by atoms with Crippen LogP contribution in [0.25, 0.3) is 0 Å². The molecule has 94 valence electrons. The van der Waals surface area contributed by atoms with E-state index in [4.69, 9.17) is 10.5 Å². The molecule has 0 radical (unpaired) electrons. The Morgan fingerprint density at radius 3 is 2.72 bits per heavy atom. The molecule has 0 atom stereocenters. The number of rotatable bonds is 4. The molecule has 0 aliphatic carbocycles. The van der Waals surface area contributed by atoms with Crippen LogP contribution in [0.1, 0.15) is 11.1 Å². The number of hydrogen-bond acceptors (Lipinski definition) is 3. The van der Waals surface area contributed by atoms with E-state index in [1.54, 1.807) is 18.9 Å². The van der Waals surface area contributed by atoms with Gasteiger partial charge in [0.2, 0.25) is 0 Å². The molecule has 18 heavy (non-hydrogen) atoms. The van der Waals surface area contributed by atoms with E-state index < -0.39 is 0 Å². The smallest absolute Gasteiger partial charge is 0.119 e. The van der Waals surface area contributed by atoms with E-state index in [2.05, 4.69) is 31.2 Å². The molecule has 0 aliphatic rings. The lowest BCUT2D eigenvalue weighted by Crippen LogP contribution is -1.98. The molecule has 0 saturated heterocycles. The normalized spacial score (nSPS) is 10.4. The van der Waals surface area contributed by atoms with Gasteiger partial charge in [-0.05, 0) is 42.3 Å². The first kappa shape index (κ1) is 13.0. The molecule has 2 aromatic carbocycles. The van der Waals surface area contributed by atoms with Gasteiger partial charge in [0.25, 0.3) is 0 Å². The zero-order valence-corrected chi connectivity index (χ0v) is 11.5. The van der Waals surface area contributed by atoms with E-state index in [9.17, 15) is 0 Å². The van der Waals surface area contributed by atoms with Gasteiger partial charge in [-0.1, -0.05) is 30.0 Å². The maximum absolute atomic E-state index is 5.77. The Bertz CT molecular complexity index is 540. The van der Waals surface area contributed by atoms with Crippen LogP contribution >= 0.6 is 11.8 Å². The lowest BCUT2D eigenvalue weighted by Gasteiger charge is -2.09. The highest BCUT2D eigenvalue weighted by atomic mass is 32.2. The molecule has 0 unspecified atom stereocenters. The first-order chi connectivity index (χ1) is 8.72. The molecule has 2 nitrogen and oxygen atoms in total. The topological polar surface area (TPSA) is 35.2 Å². The van der Waals surface area contributed by atoms with Crippen LogP contribution < -0.4 is 10.5 Å². The molecule has 2 rings (SSSR count). The quantitative estimate of drug-likeness (QED) is 0.911. The average Bonchev–Trinajstić information content (AvgIpc) is 2.39. The van der Waals surface area contributed by atoms with Gasteiger partial charge in [0.1, 0.15) is 5.75 Å². The number of benzene rings is 2. The van der Waals surface area contributed by atoms with E-state index in [0.29, 0.717) is 6.54 Å². The Kier molecular flexibility index (Phi) is 4.28. The van der Waals surface area contributed by atoms with Crippen LogP contribution in [0, 0.1) is 6.92 Å². The molecule has 0 aliphatic heterocycles. The molecular weight excluding hydrogens is 242 g/mol. The zero-order chi connectivity index (χ0) is 13.0. The minimum atomic E-state index is 0.562. The summed E-state index contributed by atoms with van der Waals surface area (Å²) in [5, 5.41) is 0. The standard InChI is InChI=1S/C15H17NOS/c1-11-6-7-12(10-16)15(8-11)18-14-5-3-4-13(9-14)17-2/h3-9H,10,16H2,1-2H3. The van der Waals surface area contributed by atoms with Gasteiger partial charge in [0.15, 0.2) is 0 Å². The molecule has 0 saturated carbocycles. The lowest BCUT2D eigenvalue weighted by atomic mass is 10.1. The van der Waals surface area contributed by atoms with Crippen molar-refractivity contribution in [3.8, 4) is 5.75 Å². The number of methoxy groups -OCH3 is 1. The highest BCUT2D eigenvalue weighted by molar-refractivity contribution is 7.99. The Morgan fingerprint density at radius 1 is 1.17 bits per heavy atom. The molecule has 0 amide bonds. The summed E-state index contributed by atoms with van der Waals surface area (Å²) in [6, 6.07) is 14.4. The molecule has 2 aromatic rings. The van der Waals surface area contributed by atoms with Crippen LogP contribution in [0.3, 0.4) is 0 Å². The molecule has 0 aromatic heterocycles. The van der Waals surface area contributed by atoms with Crippen molar-refractivity contribution in [2.24, 2.45) is 5.73 Å². The zero-order valence-electron chi connectivity index (χ0n) is 10.6. The molecule has 0 fully saturated rings. The average molecular weight is 259 g/mol. The van der Waals surface area contributed by atoms with Crippen molar-refractivity contribution in [3.63, 3.8) is 0 Å². The minimum Gasteiger partial charge on any atom is -0.497 e. The van der Waals surface area contributed by atoms with Gasteiger partial charge < -0.3 is 10.5 Å². The van der Waals surface area contributed by atoms with Crippen molar-refractivity contribution >= 4 is 11.8 Å². The Balaban J connectivity index is 2.29. The number of ether oxygens (including phenoxy) is 1. The van der Waals surface area contributed by atoms with Crippen LogP contribution in [0.15, 0.2) is 52.3 Å². The van der Waals surface area contributed by atoms with Crippen molar-refractivity contribution in [2.45, 2.75) is 23.3 Å². The van der Waals surface area contributed by atoms with Gasteiger partial charge in [-0.2, -0.15) is 0 Å². The van der Waals surface area contributed by atoms with Crippen molar-refractivity contribution in [2.75, 3.05) is 7.11 Å². The molecule has 0 heterocycles. The predicted molar refractivity (Wildman–Crippen MR) is 76.2 cm³/mol. The van der Waals surface area contributed by atoms with Crippen molar-refractivity contribution in [1.29, 1.82) is 0 Å². The van der Waals surface area contributed by atoms with E-state index in [1.165, 1.54) is 16.0 Å². The van der Waals surface area contributed by atoms with Gasteiger partial charge in [-0.25, -0.2) is 0 Å². The summed E-state index contributed by atoms with van der Waals surface area (Å²) in [6.45, 7) is 2.66. The highest BCUT2D eigenvalue weighted by Gasteiger charge is 2.04. The minimum absolute atomic E-state index is 0.562. The number of nitrogens with two attached hydrogens (primary N) is 1. The number of hydrogen-bond donors (Lipinski definition) is 1. The van der Waals surface area contributed by atoms with Crippen LogP contribution in [-0.4, -0.2) is 7.11 Å². The monoisotopic (exact) mass is 259 g/mol. The van der Waals surface area contributed by atoms with E-state index in [0.717, 1.165) is 10.6 Å². The van der Waals surface area contributed by atoms with Crippen molar-refractivity contribution in [1.82, 2.24) is 0 Å². The fraction of sp³-hybridized carbons (Fsp3) is 0.200. The second kappa shape index (κ2) is 5.94. The van der Waals surface area contributed by atoms with Gasteiger partial charge >= 0.3 is 0 Å². The Labute approximate surface area is 112 Å². The lowest BCUT2D eigenvalue weighted by molar-refractivity contribution is 0.413. The summed E-state index contributed by atoms with van der Waals surface area (Å²) in [4.78, 5) is 2.38. The second-order valence-corrected chi connectivity index (χ2v) is 5.21. The van der Waals surface area contributed by atoms with E-state index in [-0.39, 0.29) is 0 Å². The second-order valence-electron chi connectivity index (χ2n) is 4.10. The number of aryl methyl sites for hydroxylation is 1. The third kappa shape index (κ3) is 3.06. The third-order valence-corrected chi connectivity index (χ3v) is 3.80. The summed E-state index contributed by atoms with van der Waals surface area (Å²) < 4.78 is 5.23. The van der Waals surface area contributed by atoms with Crippen molar-refractivity contribution in [3.05, 3.63) is 53.6 Å². The van der Waals surface area contributed by atoms with Gasteiger partial charge in [-0.15, -0.1) is 0 Å². The first-order valence-corrected chi connectivity index (χ1v) is 6.66. The molecule has 0 bridgehead atoms. The van der Waals surface area contributed by atoms with E-state index in [1.807, 2.05) is 18.2 Å². The predicted octanol–water partition coefficient (Wildman–Crippen LogP) is 3.61. The third-order valence-electron chi connectivity index (χ3n) is 2.71. The maximum Gasteiger partial charge on any atom is 0.119 e. The summed E-state index contributed by atoms with van der Waals surface area (Å²) in [5.74, 6) is 0.877. The molecule has 2 N–H and O–H groups in total. The van der Waals surface area contributed by atoms with Gasteiger partial charge in [-0.3, -0.25) is 0 Å². The SMILES string of the molecule is COc1cccc(Sc2cc(C)ccc2CN)c1. The summed E-state index contributed by atoms with van der Waals surface area (Å²) in [6.07, 6.45) is 0. The van der Waals surface area contributed by atoms with Crippen LogP contribution in [-0.2, 0) is 6.54 Å². The van der Waals surface area contributed by atoms with Gasteiger partial charge in [0, 0.05) is 16.3 Å². The molecule has 0 spiro atoms. The molecule has 3 heteroatoms. The van der Waals surface area contributed by atoms with Crippen LogP contribution in [0.5, 0.6) is 5.75 Å². The van der Waals surface area contributed by atoms with Crippen molar-refractivity contribution < 1.29 is 4.74 Å². The van der Waals surface area contributed by atoms with Gasteiger partial charge in [0.05, 0.1) is 7.11 Å². The van der Waals surface area contributed by atoms with Crippen LogP contribution in [0.4, 0.5) is 0 Å². The summed E-state index contributed by atoms with van der Waals surface area (Å²) in [5.41, 5.74) is 8.19. The largest absolute Gasteiger partial charge is 0.497 e. The van der Waals surface area contributed by atoms with Crippen LogP contribution in [0.2, 0.25) is 0 Å². The fourth-order valence-electron chi connectivity index (χ4n) is 1.72. The summed E-state index contributed by atoms with van der Waals surface area (Å²) >= 11 is 1.72. The first-order valence-electron chi connectivity index (χ1n) is 5.84. The Morgan fingerprint density at radius 2 is 2.00 bits per heavy atom. The summed E-state index contributed by atoms with van der Waals surface area (Å²) in [7, 11) is 1.68. The Hall–Kier alpha value is -1.45. The fourth-order valence-corrected chi connectivity index (χ4v) is 2.82. The molecular formula is C15H17NOS. The highest BCUT2D eigenvalue weighted by Crippen LogP contribution is 2.32. The maximum atomic E-state index is 5.77.